The minimum atomic E-state index is -0.139. The number of aromatic nitrogens is 3. The molecule has 0 atom stereocenters. The van der Waals surface area contributed by atoms with Crippen molar-refractivity contribution in [3.63, 3.8) is 0 Å². The molecule has 2 aromatic heterocycles. The molecular weight excluding hydrogens is 456 g/mol. The zero-order valence-electron chi connectivity index (χ0n) is 21.0. The number of carbonyl (C=O) groups excluding carboxylic acids is 1. The minimum Gasteiger partial charge on any atom is -0.364 e. The van der Waals surface area contributed by atoms with Crippen LogP contribution in [0.25, 0.3) is 16.2 Å². The monoisotopic (exact) mass is 488 g/mol. The van der Waals surface area contributed by atoms with E-state index < -0.39 is 0 Å². The quantitative estimate of drug-likeness (QED) is 0.425. The summed E-state index contributed by atoms with van der Waals surface area (Å²) in [5, 5.41) is 9.52. The van der Waals surface area contributed by atoms with Crippen molar-refractivity contribution in [3.8, 4) is 11.3 Å². The predicted molar refractivity (Wildman–Crippen MR) is 144 cm³/mol. The Morgan fingerprint density at radius 2 is 1.69 bits per heavy atom. The Kier molecular flexibility index (Phi) is 6.01. The maximum Gasteiger partial charge on any atom is 0.253 e. The Morgan fingerprint density at radius 3 is 2.34 bits per heavy atom. The highest BCUT2D eigenvalue weighted by atomic mass is 32.1. The number of carbonyl (C=O) groups is 1. The fourth-order valence-electron chi connectivity index (χ4n) is 4.31. The van der Waals surface area contributed by atoms with E-state index in [1.807, 2.05) is 40.6 Å². The fourth-order valence-corrected chi connectivity index (χ4v) is 5.26. The third-order valence-corrected chi connectivity index (χ3v) is 7.08. The molecule has 3 heterocycles. The molecule has 0 bridgehead atoms. The van der Waals surface area contributed by atoms with Crippen LogP contribution in [0.15, 0.2) is 48.5 Å². The lowest BCUT2D eigenvalue weighted by Crippen LogP contribution is -2.48. The molecule has 1 N–H and O–H groups in total. The van der Waals surface area contributed by atoms with Crippen LogP contribution in [0.3, 0.4) is 0 Å². The normalized spacial score (nSPS) is 14.5. The number of hydrogen-bond acceptors (Lipinski definition) is 6. The summed E-state index contributed by atoms with van der Waals surface area (Å²) in [4.78, 5) is 22.9. The number of imidazole rings is 1. The Morgan fingerprint density at radius 1 is 0.971 bits per heavy atom. The largest absolute Gasteiger partial charge is 0.364 e. The predicted octanol–water partition coefficient (Wildman–Crippen LogP) is 5.25. The van der Waals surface area contributed by atoms with E-state index in [2.05, 4.69) is 62.2 Å². The molecule has 1 saturated heterocycles. The van der Waals surface area contributed by atoms with Gasteiger partial charge in [-0.2, -0.15) is 4.52 Å². The highest BCUT2D eigenvalue weighted by molar-refractivity contribution is 7.20. The summed E-state index contributed by atoms with van der Waals surface area (Å²) in [6.45, 7) is 13.4. The molecule has 2 aromatic carbocycles. The number of anilines is 2. The molecule has 1 aliphatic rings. The molecule has 0 unspecified atom stereocenters. The zero-order valence-corrected chi connectivity index (χ0v) is 21.8. The van der Waals surface area contributed by atoms with Crippen LogP contribution < -0.4 is 10.2 Å². The van der Waals surface area contributed by atoms with Crippen LogP contribution >= 0.6 is 11.3 Å². The van der Waals surface area contributed by atoms with E-state index in [1.54, 1.807) is 11.3 Å². The van der Waals surface area contributed by atoms with Crippen molar-refractivity contribution in [3.05, 3.63) is 65.2 Å². The van der Waals surface area contributed by atoms with Gasteiger partial charge < -0.3 is 15.1 Å². The summed E-state index contributed by atoms with van der Waals surface area (Å²) in [6, 6.07) is 16.2. The molecule has 0 radical (unpaired) electrons. The van der Waals surface area contributed by atoms with Crippen LogP contribution in [0.4, 0.5) is 10.9 Å². The molecule has 35 heavy (non-hydrogen) atoms. The van der Waals surface area contributed by atoms with Gasteiger partial charge in [0.15, 0.2) is 5.82 Å². The molecule has 7 nitrogen and oxygen atoms in total. The number of aryl methyl sites for hydroxylation is 2. The Balaban J connectivity index is 1.38. The van der Waals surface area contributed by atoms with Gasteiger partial charge in [0.1, 0.15) is 5.69 Å². The molecule has 4 aromatic rings. The Labute approximate surface area is 210 Å². The highest BCUT2D eigenvalue weighted by Crippen LogP contribution is 2.35. The molecule has 1 fully saturated rings. The second-order valence-electron chi connectivity index (χ2n) is 10.3. The lowest BCUT2D eigenvalue weighted by molar-refractivity contribution is 0.0746. The first kappa shape index (κ1) is 23.4. The van der Waals surface area contributed by atoms with Crippen LogP contribution in [-0.4, -0.2) is 57.1 Å². The minimum absolute atomic E-state index is 0.0954. The molecular formula is C27H32N6OS. The third kappa shape index (κ3) is 4.89. The summed E-state index contributed by atoms with van der Waals surface area (Å²) >= 11 is 1.59. The van der Waals surface area contributed by atoms with Gasteiger partial charge in [0.25, 0.3) is 5.91 Å². The molecule has 1 aliphatic heterocycles. The fraction of sp³-hybridized carbons (Fsp3) is 0.370. The number of hydrogen-bond donors (Lipinski definition) is 1. The van der Waals surface area contributed by atoms with Crippen molar-refractivity contribution in [1.29, 1.82) is 0 Å². The molecule has 5 rings (SSSR count). The van der Waals surface area contributed by atoms with Crippen LogP contribution in [-0.2, 0) is 0 Å². The van der Waals surface area contributed by atoms with E-state index in [4.69, 9.17) is 10.1 Å². The highest BCUT2D eigenvalue weighted by Gasteiger charge is 2.27. The van der Waals surface area contributed by atoms with Crippen LogP contribution in [0.1, 0.15) is 42.3 Å². The first-order chi connectivity index (χ1) is 16.7. The molecule has 1 amide bonds. The molecule has 0 aliphatic carbocycles. The van der Waals surface area contributed by atoms with Gasteiger partial charge in [0.05, 0.1) is 0 Å². The van der Waals surface area contributed by atoms with Gasteiger partial charge in [-0.3, -0.25) is 4.79 Å². The third-order valence-electron chi connectivity index (χ3n) is 6.11. The summed E-state index contributed by atoms with van der Waals surface area (Å²) in [5.41, 5.74) is 4.97. The van der Waals surface area contributed by atoms with Crippen molar-refractivity contribution in [1.82, 2.24) is 19.5 Å². The maximum atomic E-state index is 12.9. The van der Waals surface area contributed by atoms with Crippen LogP contribution in [0, 0.1) is 13.8 Å². The van der Waals surface area contributed by atoms with E-state index in [9.17, 15) is 4.79 Å². The van der Waals surface area contributed by atoms with Gasteiger partial charge >= 0.3 is 0 Å². The van der Waals surface area contributed by atoms with Crippen molar-refractivity contribution in [2.24, 2.45) is 0 Å². The number of nitrogens with zero attached hydrogens (tertiary/aromatic N) is 5. The second kappa shape index (κ2) is 9.00. The van der Waals surface area contributed by atoms with Gasteiger partial charge in [-0.15, -0.1) is 5.10 Å². The van der Waals surface area contributed by atoms with Crippen molar-refractivity contribution in [2.45, 2.75) is 40.2 Å². The van der Waals surface area contributed by atoms with Crippen molar-refractivity contribution >= 4 is 33.2 Å². The summed E-state index contributed by atoms with van der Waals surface area (Å²) in [6.07, 6.45) is 0. The lowest BCUT2D eigenvalue weighted by atomic mass is 10.1. The van der Waals surface area contributed by atoms with Gasteiger partial charge in [0, 0.05) is 42.8 Å². The van der Waals surface area contributed by atoms with Crippen LogP contribution in [0.2, 0.25) is 0 Å². The number of fused-ring (bicyclic) bond motifs is 1. The van der Waals surface area contributed by atoms with Crippen molar-refractivity contribution < 1.29 is 4.79 Å². The van der Waals surface area contributed by atoms with Gasteiger partial charge in [0.2, 0.25) is 10.1 Å². The van der Waals surface area contributed by atoms with E-state index in [0.717, 1.165) is 51.4 Å². The summed E-state index contributed by atoms with van der Waals surface area (Å²) < 4.78 is 1.94. The number of nitrogens with one attached hydrogen (secondary N) is 1. The smallest absolute Gasteiger partial charge is 0.253 e. The first-order valence-corrected chi connectivity index (χ1v) is 12.9. The van der Waals surface area contributed by atoms with Gasteiger partial charge in [-0.05, 0) is 52.8 Å². The van der Waals surface area contributed by atoms with E-state index in [-0.39, 0.29) is 11.4 Å². The number of benzene rings is 2. The first-order valence-electron chi connectivity index (χ1n) is 12.0. The Bertz CT molecular complexity index is 1360. The topological polar surface area (TPSA) is 65.8 Å². The average molecular weight is 489 g/mol. The maximum absolute atomic E-state index is 12.9. The SMILES string of the molecule is Cc1ccc(C(=O)N2CCN(c3nn4c(NC(C)(C)C)c(-c5cccc(C)c5)nc4s3)CC2)cc1. The van der Waals surface area contributed by atoms with Crippen LogP contribution in [0.5, 0.6) is 0 Å². The summed E-state index contributed by atoms with van der Waals surface area (Å²) in [7, 11) is 0. The number of piperazine rings is 1. The molecule has 182 valence electrons. The van der Waals surface area contributed by atoms with E-state index in [0.29, 0.717) is 13.1 Å². The Hall–Kier alpha value is -3.39. The van der Waals surface area contributed by atoms with Gasteiger partial charge in [-0.25, -0.2) is 4.98 Å². The van der Waals surface area contributed by atoms with E-state index in [1.165, 1.54) is 5.56 Å². The molecule has 8 heteroatoms. The molecule has 0 saturated carbocycles. The second-order valence-corrected chi connectivity index (χ2v) is 11.2. The summed E-state index contributed by atoms with van der Waals surface area (Å²) in [5.74, 6) is 1.01. The van der Waals surface area contributed by atoms with Crippen molar-refractivity contribution in [2.75, 3.05) is 36.4 Å². The lowest BCUT2D eigenvalue weighted by Gasteiger charge is -2.34. The zero-order chi connectivity index (χ0) is 24.7. The number of amides is 1. The number of rotatable bonds is 4. The standard InChI is InChI=1S/C27H32N6OS/c1-18-9-11-20(12-10-18)24(34)31-13-15-32(16-14-31)26-30-33-23(29-27(3,4)5)22(28-25(33)35-26)21-8-6-7-19(2)17-21/h6-12,17,29H,13-16H2,1-5H3. The average Bonchev–Trinajstić information content (AvgIpc) is 3.38. The van der Waals surface area contributed by atoms with Gasteiger partial charge in [-0.1, -0.05) is 52.8 Å². The van der Waals surface area contributed by atoms with E-state index >= 15 is 0 Å². The molecule has 0 spiro atoms.